The van der Waals surface area contributed by atoms with E-state index in [-0.39, 0.29) is 19.1 Å². The van der Waals surface area contributed by atoms with Crippen LogP contribution < -0.4 is 9.47 Å². The van der Waals surface area contributed by atoms with E-state index in [0.717, 1.165) is 10.0 Å². The number of halogens is 1. The van der Waals surface area contributed by atoms with Gasteiger partial charge in [-0.25, -0.2) is 0 Å². The van der Waals surface area contributed by atoms with Gasteiger partial charge in [0.1, 0.15) is 16.4 Å². The minimum absolute atomic E-state index is 0.110. The Kier molecular flexibility index (Phi) is 6.44. The summed E-state index contributed by atoms with van der Waals surface area (Å²) in [6, 6.07) is 7.27. The highest BCUT2D eigenvalue weighted by molar-refractivity contribution is 9.10. The van der Waals surface area contributed by atoms with Crippen molar-refractivity contribution < 1.29 is 19.4 Å². The molecule has 1 aromatic carbocycles. The molecule has 23 heavy (non-hydrogen) atoms. The van der Waals surface area contributed by atoms with Crippen LogP contribution in [0.15, 0.2) is 34.1 Å². The van der Waals surface area contributed by atoms with Gasteiger partial charge in [-0.3, -0.25) is 4.79 Å². The molecule has 1 N–H and O–H groups in total. The molecule has 0 atom stereocenters. The predicted molar refractivity (Wildman–Crippen MR) is 93.4 cm³/mol. The van der Waals surface area contributed by atoms with E-state index in [2.05, 4.69) is 15.9 Å². The van der Waals surface area contributed by atoms with Gasteiger partial charge < -0.3 is 19.5 Å². The summed E-state index contributed by atoms with van der Waals surface area (Å²) in [5.41, 5.74) is 0.821. The third-order valence-corrected chi connectivity index (χ3v) is 5.14. The Bertz CT molecular complexity index is 674. The Balaban J connectivity index is 2.29. The molecule has 0 spiro atoms. The standard InChI is InChI=1S/C16H18BrNO4S/c1-21-12-3-4-14(22-2)11(9-12)10-18(6-7-19)16(20)15-13(17)5-8-23-15/h3-5,8-9,19H,6-7,10H2,1-2H3. The third-order valence-electron chi connectivity index (χ3n) is 3.32. The first-order valence-corrected chi connectivity index (χ1v) is 8.62. The van der Waals surface area contributed by atoms with E-state index in [9.17, 15) is 9.90 Å². The van der Waals surface area contributed by atoms with Gasteiger partial charge in [0, 0.05) is 23.1 Å². The van der Waals surface area contributed by atoms with Crippen molar-refractivity contribution in [2.24, 2.45) is 0 Å². The zero-order valence-electron chi connectivity index (χ0n) is 12.9. The molecule has 0 saturated heterocycles. The fourth-order valence-electron chi connectivity index (χ4n) is 2.17. The number of rotatable bonds is 7. The normalized spacial score (nSPS) is 10.4. The van der Waals surface area contributed by atoms with Crippen LogP contribution in [0.2, 0.25) is 0 Å². The number of carbonyl (C=O) groups excluding carboxylic acids is 1. The van der Waals surface area contributed by atoms with Gasteiger partial charge in [-0.15, -0.1) is 11.3 Å². The molecule has 2 aromatic rings. The second-order valence-electron chi connectivity index (χ2n) is 4.73. The van der Waals surface area contributed by atoms with Crippen molar-refractivity contribution in [3.05, 3.63) is 44.6 Å². The number of methoxy groups -OCH3 is 2. The Morgan fingerprint density at radius 1 is 1.30 bits per heavy atom. The van der Waals surface area contributed by atoms with Crippen molar-refractivity contribution in [3.63, 3.8) is 0 Å². The van der Waals surface area contributed by atoms with Crippen LogP contribution in [0.3, 0.4) is 0 Å². The monoisotopic (exact) mass is 399 g/mol. The summed E-state index contributed by atoms with van der Waals surface area (Å²) < 4.78 is 11.3. The summed E-state index contributed by atoms with van der Waals surface area (Å²) in [6.07, 6.45) is 0. The highest BCUT2D eigenvalue weighted by Gasteiger charge is 2.21. The molecule has 7 heteroatoms. The van der Waals surface area contributed by atoms with Gasteiger partial charge in [-0.05, 0) is 45.6 Å². The maximum Gasteiger partial charge on any atom is 0.265 e. The topological polar surface area (TPSA) is 59.0 Å². The first-order valence-electron chi connectivity index (χ1n) is 6.94. The lowest BCUT2D eigenvalue weighted by molar-refractivity contribution is 0.0710. The molecular formula is C16H18BrNO4S. The molecule has 0 aliphatic heterocycles. The summed E-state index contributed by atoms with van der Waals surface area (Å²) in [5, 5.41) is 11.1. The molecule has 1 amide bonds. The summed E-state index contributed by atoms with van der Waals surface area (Å²) >= 11 is 4.74. The molecule has 0 unspecified atom stereocenters. The van der Waals surface area contributed by atoms with Crippen LogP contribution in [0.25, 0.3) is 0 Å². The maximum atomic E-state index is 12.7. The van der Waals surface area contributed by atoms with E-state index >= 15 is 0 Å². The Hall–Kier alpha value is -1.57. The van der Waals surface area contributed by atoms with E-state index in [1.165, 1.54) is 11.3 Å². The number of nitrogens with zero attached hydrogens (tertiary/aromatic N) is 1. The summed E-state index contributed by atoms with van der Waals surface area (Å²) in [5.74, 6) is 1.23. The number of ether oxygens (including phenoxy) is 2. The van der Waals surface area contributed by atoms with Crippen LogP contribution in [0.5, 0.6) is 11.5 Å². The average Bonchev–Trinajstić information content (AvgIpc) is 2.99. The van der Waals surface area contributed by atoms with Gasteiger partial charge in [-0.2, -0.15) is 0 Å². The van der Waals surface area contributed by atoms with Crippen LogP contribution in [0, 0.1) is 0 Å². The fourth-order valence-corrected chi connectivity index (χ4v) is 3.68. The zero-order chi connectivity index (χ0) is 16.8. The van der Waals surface area contributed by atoms with Crippen molar-refractivity contribution in [3.8, 4) is 11.5 Å². The molecular weight excluding hydrogens is 382 g/mol. The molecule has 1 heterocycles. The Morgan fingerprint density at radius 2 is 2.09 bits per heavy atom. The van der Waals surface area contributed by atoms with E-state index in [1.54, 1.807) is 31.3 Å². The van der Waals surface area contributed by atoms with Crippen molar-refractivity contribution in [1.82, 2.24) is 4.90 Å². The van der Waals surface area contributed by atoms with Crippen molar-refractivity contribution in [2.45, 2.75) is 6.54 Å². The van der Waals surface area contributed by atoms with Crippen LogP contribution in [-0.4, -0.2) is 43.3 Å². The molecule has 124 valence electrons. The van der Waals surface area contributed by atoms with Crippen LogP contribution in [-0.2, 0) is 6.54 Å². The van der Waals surface area contributed by atoms with E-state index in [0.29, 0.717) is 22.9 Å². The number of aliphatic hydroxyl groups is 1. The molecule has 2 rings (SSSR count). The Morgan fingerprint density at radius 3 is 2.65 bits per heavy atom. The predicted octanol–water partition coefficient (Wildman–Crippen LogP) is 3.16. The van der Waals surface area contributed by atoms with Crippen molar-refractivity contribution in [1.29, 1.82) is 0 Å². The van der Waals surface area contributed by atoms with Crippen LogP contribution >= 0.6 is 27.3 Å². The van der Waals surface area contributed by atoms with Gasteiger partial charge >= 0.3 is 0 Å². The molecule has 0 radical (unpaired) electrons. The maximum absolute atomic E-state index is 12.7. The number of amides is 1. The lowest BCUT2D eigenvalue weighted by atomic mass is 10.1. The van der Waals surface area contributed by atoms with Gasteiger partial charge in [0.15, 0.2) is 0 Å². The van der Waals surface area contributed by atoms with Crippen LogP contribution in [0.1, 0.15) is 15.2 Å². The highest BCUT2D eigenvalue weighted by Crippen LogP contribution is 2.28. The first-order chi connectivity index (χ1) is 11.1. The number of hydrogen-bond donors (Lipinski definition) is 1. The van der Waals surface area contributed by atoms with Crippen LogP contribution in [0.4, 0.5) is 0 Å². The molecule has 5 nitrogen and oxygen atoms in total. The third kappa shape index (κ3) is 4.25. The molecule has 0 bridgehead atoms. The SMILES string of the molecule is COc1ccc(OC)c(CN(CCO)C(=O)c2sccc2Br)c1. The molecule has 0 fully saturated rings. The molecule has 0 aliphatic carbocycles. The average molecular weight is 400 g/mol. The number of carbonyl (C=O) groups is 1. The van der Waals surface area contributed by atoms with Gasteiger partial charge in [0.25, 0.3) is 5.91 Å². The molecule has 1 aromatic heterocycles. The second-order valence-corrected chi connectivity index (χ2v) is 6.50. The first kappa shape index (κ1) is 17.8. The van der Waals surface area contributed by atoms with E-state index < -0.39 is 0 Å². The summed E-state index contributed by atoms with van der Waals surface area (Å²) in [7, 11) is 3.17. The quantitative estimate of drug-likeness (QED) is 0.776. The molecule has 0 saturated carbocycles. The van der Waals surface area contributed by atoms with Gasteiger partial charge in [-0.1, -0.05) is 0 Å². The number of thiophene rings is 1. The highest BCUT2D eigenvalue weighted by atomic mass is 79.9. The largest absolute Gasteiger partial charge is 0.497 e. The lowest BCUT2D eigenvalue weighted by Crippen LogP contribution is -2.33. The number of aliphatic hydroxyl groups excluding tert-OH is 1. The minimum atomic E-state index is -0.134. The minimum Gasteiger partial charge on any atom is -0.497 e. The second kappa shape index (κ2) is 8.33. The van der Waals surface area contributed by atoms with Crippen molar-refractivity contribution in [2.75, 3.05) is 27.4 Å². The lowest BCUT2D eigenvalue weighted by Gasteiger charge is -2.23. The fraction of sp³-hybridized carbons (Fsp3) is 0.312. The van der Waals surface area contributed by atoms with Crippen molar-refractivity contribution >= 4 is 33.2 Å². The van der Waals surface area contributed by atoms with E-state index in [1.807, 2.05) is 17.5 Å². The van der Waals surface area contributed by atoms with Gasteiger partial charge in [0.05, 0.1) is 20.8 Å². The van der Waals surface area contributed by atoms with Gasteiger partial charge in [0.2, 0.25) is 0 Å². The van der Waals surface area contributed by atoms with E-state index in [4.69, 9.17) is 9.47 Å². The smallest absolute Gasteiger partial charge is 0.265 e. The Labute approximate surface area is 147 Å². The summed E-state index contributed by atoms with van der Waals surface area (Å²) in [6.45, 7) is 0.453. The summed E-state index contributed by atoms with van der Waals surface area (Å²) in [4.78, 5) is 14.9. The number of benzene rings is 1. The zero-order valence-corrected chi connectivity index (χ0v) is 15.3. The number of hydrogen-bond acceptors (Lipinski definition) is 5. The molecule has 0 aliphatic rings.